The minimum atomic E-state index is -0.621. The molecule has 4 nitrogen and oxygen atoms in total. The molecule has 4 heteroatoms. The van der Waals surface area contributed by atoms with Crippen molar-refractivity contribution in [2.75, 3.05) is 0 Å². The predicted molar refractivity (Wildman–Crippen MR) is 134 cm³/mol. The van der Waals surface area contributed by atoms with Crippen LogP contribution in [0.5, 0.6) is 0 Å². The first-order valence-electron chi connectivity index (χ1n) is 11.5. The fourth-order valence-corrected chi connectivity index (χ4v) is 3.89. The summed E-state index contributed by atoms with van der Waals surface area (Å²) < 4.78 is 0. The molecule has 0 aliphatic carbocycles. The van der Waals surface area contributed by atoms with Crippen molar-refractivity contribution in [2.45, 2.75) is 58.7 Å². The number of amides is 2. The molecule has 0 saturated carbocycles. The molecule has 172 valence electrons. The number of benzene rings is 3. The zero-order valence-corrected chi connectivity index (χ0v) is 20.0. The highest BCUT2D eigenvalue weighted by Crippen LogP contribution is 2.18. The summed E-state index contributed by atoms with van der Waals surface area (Å²) in [6, 6.07) is 27.1. The lowest BCUT2D eigenvalue weighted by Crippen LogP contribution is -2.54. The van der Waals surface area contributed by atoms with Crippen molar-refractivity contribution in [3.63, 3.8) is 0 Å². The molecule has 0 aliphatic heterocycles. The average molecular weight is 443 g/mol. The molecule has 3 aromatic rings. The van der Waals surface area contributed by atoms with Crippen LogP contribution in [0.25, 0.3) is 0 Å². The molecular weight excluding hydrogens is 408 g/mol. The standard InChI is InChI=1S/C29H34N2O2/c1-22-12-11-17-25(18-22)20-27(32)31(21-24-15-9-6-10-16-24)26(28(33)30-29(2,3)4)19-23-13-7-5-8-14-23/h5-18,26H,19-21H2,1-4H3,(H,30,33)/t26-/m1/s1. The minimum Gasteiger partial charge on any atom is -0.350 e. The molecule has 1 N–H and O–H groups in total. The van der Waals surface area contributed by atoms with Gasteiger partial charge in [0.2, 0.25) is 11.8 Å². The quantitative estimate of drug-likeness (QED) is 0.528. The van der Waals surface area contributed by atoms with Crippen LogP contribution in [0.3, 0.4) is 0 Å². The van der Waals surface area contributed by atoms with Crippen LogP contribution >= 0.6 is 0 Å². The summed E-state index contributed by atoms with van der Waals surface area (Å²) in [5.74, 6) is -0.200. The maximum atomic E-state index is 13.7. The lowest BCUT2D eigenvalue weighted by atomic mass is 9.99. The van der Waals surface area contributed by atoms with Crippen LogP contribution in [0.15, 0.2) is 84.9 Å². The van der Waals surface area contributed by atoms with Crippen molar-refractivity contribution in [2.24, 2.45) is 0 Å². The van der Waals surface area contributed by atoms with Gasteiger partial charge < -0.3 is 10.2 Å². The molecule has 0 aromatic heterocycles. The van der Waals surface area contributed by atoms with Crippen LogP contribution in [0.2, 0.25) is 0 Å². The van der Waals surface area contributed by atoms with Gasteiger partial charge >= 0.3 is 0 Å². The van der Waals surface area contributed by atoms with Crippen LogP contribution in [-0.2, 0) is 29.0 Å². The monoisotopic (exact) mass is 442 g/mol. The highest BCUT2D eigenvalue weighted by atomic mass is 16.2. The van der Waals surface area contributed by atoms with Crippen molar-refractivity contribution >= 4 is 11.8 Å². The molecule has 3 aromatic carbocycles. The second-order valence-corrected chi connectivity index (χ2v) is 9.62. The van der Waals surface area contributed by atoms with Crippen LogP contribution < -0.4 is 5.32 Å². The average Bonchev–Trinajstić information content (AvgIpc) is 2.76. The predicted octanol–water partition coefficient (Wildman–Crippen LogP) is 5.09. The number of carbonyl (C=O) groups is 2. The normalized spacial score (nSPS) is 12.1. The second kappa shape index (κ2) is 11.0. The highest BCUT2D eigenvalue weighted by Gasteiger charge is 2.32. The van der Waals surface area contributed by atoms with E-state index >= 15 is 0 Å². The first kappa shape index (κ1) is 24.2. The number of aryl methyl sites for hydroxylation is 1. The summed E-state index contributed by atoms with van der Waals surface area (Å²) in [6.45, 7) is 8.27. The Morgan fingerprint density at radius 2 is 1.39 bits per heavy atom. The number of nitrogens with one attached hydrogen (secondary N) is 1. The van der Waals surface area contributed by atoms with Gasteiger partial charge in [0.05, 0.1) is 6.42 Å². The first-order chi connectivity index (χ1) is 15.7. The molecule has 0 radical (unpaired) electrons. The number of hydrogen-bond donors (Lipinski definition) is 1. The van der Waals surface area contributed by atoms with E-state index in [0.29, 0.717) is 13.0 Å². The Labute approximate surface area is 197 Å². The number of nitrogens with zero attached hydrogens (tertiary/aromatic N) is 1. The maximum absolute atomic E-state index is 13.7. The third-order valence-corrected chi connectivity index (χ3v) is 5.40. The van der Waals surface area contributed by atoms with Crippen molar-refractivity contribution in [1.82, 2.24) is 10.2 Å². The van der Waals surface area contributed by atoms with Gasteiger partial charge in [0.25, 0.3) is 0 Å². The molecule has 1 atom stereocenters. The maximum Gasteiger partial charge on any atom is 0.243 e. The van der Waals surface area contributed by atoms with Crippen molar-refractivity contribution in [3.05, 3.63) is 107 Å². The molecule has 0 fully saturated rings. The number of hydrogen-bond acceptors (Lipinski definition) is 2. The molecule has 0 heterocycles. The van der Waals surface area contributed by atoms with Gasteiger partial charge in [0.1, 0.15) is 6.04 Å². The van der Waals surface area contributed by atoms with Gasteiger partial charge in [0, 0.05) is 18.5 Å². The third-order valence-electron chi connectivity index (χ3n) is 5.40. The van der Waals surface area contributed by atoms with Gasteiger partial charge in [-0.25, -0.2) is 0 Å². The lowest BCUT2D eigenvalue weighted by molar-refractivity contribution is -0.141. The van der Waals surface area contributed by atoms with E-state index in [1.807, 2.05) is 113 Å². The van der Waals surface area contributed by atoms with Crippen molar-refractivity contribution < 1.29 is 9.59 Å². The summed E-state index contributed by atoms with van der Waals surface area (Å²) in [5, 5.41) is 3.10. The van der Waals surface area contributed by atoms with E-state index in [-0.39, 0.29) is 18.2 Å². The Morgan fingerprint density at radius 1 is 0.818 bits per heavy atom. The van der Waals surface area contributed by atoms with Gasteiger partial charge in [-0.2, -0.15) is 0 Å². The Hall–Kier alpha value is -3.40. The van der Waals surface area contributed by atoms with Gasteiger partial charge in [-0.15, -0.1) is 0 Å². The summed E-state index contributed by atoms with van der Waals surface area (Å²) in [4.78, 5) is 28.9. The zero-order chi connectivity index (χ0) is 23.8. The van der Waals surface area contributed by atoms with E-state index in [1.54, 1.807) is 4.90 Å². The SMILES string of the molecule is Cc1cccc(CC(=O)N(Cc2ccccc2)[C@H](Cc2ccccc2)C(=O)NC(C)(C)C)c1. The van der Waals surface area contributed by atoms with Crippen LogP contribution in [0.1, 0.15) is 43.0 Å². The van der Waals surface area contributed by atoms with E-state index in [9.17, 15) is 9.59 Å². The lowest BCUT2D eigenvalue weighted by Gasteiger charge is -2.34. The van der Waals surface area contributed by atoms with Gasteiger partial charge in [-0.3, -0.25) is 9.59 Å². The molecular formula is C29H34N2O2. The molecule has 0 bridgehead atoms. The van der Waals surface area contributed by atoms with Crippen molar-refractivity contribution in [3.8, 4) is 0 Å². The summed E-state index contributed by atoms with van der Waals surface area (Å²) in [7, 11) is 0. The van der Waals surface area contributed by atoms with Crippen molar-refractivity contribution in [1.29, 1.82) is 0 Å². The molecule has 2 amide bonds. The van der Waals surface area contributed by atoms with E-state index in [4.69, 9.17) is 0 Å². The largest absolute Gasteiger partial charge is 0.350 e. The van der Waals surface area contributed by atoms with Gasteiger partial charge in [-0.05, 0) is 44.4 Å². The molecule has 3 rings (SSSR count). The van der Waals surface area contributed by atoms with Crippen LogP contribution in [0.4, 0.5) is 0 Å². The van der Waals surface area contributed by atoms with E-state index in [2.05, 4.69) is 5.32 Å². The van der Waals surface area contributed by atoms with Gasteiger partial charge in [0.15, 0.2) is 0 Å². The fraction of sp³-hybridized carbons (Fsp3) is 0.310. The first-order valence-corrected chi connectivity index (χ1v) is 11.5. The minimum absolute atomic E-state index is 0.0607. The molecule has 0 unspecified atom stereocenters. The van der Waals surface area contributed by atoms with E-state index in [0.717, 1.165) is 22.3 Å². The highest BCUT2D eigenvalue weighted by molar-refractivity contribution is 5.89. The Balaban J connectivity index is 1.97. The second-order valence-electron chi connectivity index (χ2n) is 9.62. The van der Waals surface area contributed by atoms with Gasteiger partial charge in [-0.1, -0.05) is 90.5 Å². The topological polar surface area (TPSA) is 49.4 Å². The third kappa shape index (κ3) is 7.60. The Bertz CT molecular complexity index is 1060. The molecule has 0 spiro atoms. The summed E-state index contributed by atoms with van der Waals surface area (Å²) >= 11 is 0. The summed E-state index contributed by atoms with van der Waals surface area (Å²) in [5.41, 5.74) is 3.68. The zero-order valence-electron chi connectivity index (χ0n) is 20.0. The fourth-order valence-electron chi connectivity index (χ4n) is 3.89. The molecule has 33 heavy (non-hydrogen) atoms. The van der Waals surface area contributed by atoms with Crippen LogP contribution in [-0.4, -0.2) is 28.3 Å². The van der Waals surface area contributed by atoms with Crippen LogP contribution in [0, 0.1) is 6.92 Å². The Morgan fingerprint density at radius 3 is 1.97 bits per heavy atom. The molecule has 0 aliphatic rings. The number of carbonyl (C=O) groups excluding carboxylic acids is 2. The Kier molecular flexibility index (Phi) is 8.05. The smallest absolute Gasteiger partial charge is 0.243 e. The molecule has 0 saturated heterocycles. The van der Waals surface area contributed by atoms with E-state index in [1.165, 1.54) is 0 Å². The van der Waals surface area contributed by atoms with E-state index < -0.39 is 11.6 Å². The summed E-state index contributed by atoms with van der Waals surface area (Å²) in [6.07, 6.45) is 0.706. The number of rotatable bonds is 8.